The van der Waals surface area contributed by atoms with Crippen molar-refractivity contribution >= 4 is 23.5 Å². The maximum Gasteiger partial charge on any atom is 0.488 e. The molecule has 0 saturated carbocycles. The molecule has 152 valence electrons. The number of benzene rings is 1. The van der Waals surface area contributed by atoms with E-state index in [-0.39, 0.29) is 11.6 Å². The third kappa shape index (κ3) is 4.30. The van der Waals surface area contributed by atoms with Crippen molar-refractivity contribution in [2.45, 2.75) is 45.7 Å². The van der Waals surface area contributed by atoms with Gasteiger partial charge >= 0.3 is 7.12 Å². The van der Waals surface area contributed by atoms with Crippen LogP contribution in [0.4, 0.5) is 0 Å². The van der Waals surface area contributed by atoms with Gasteiger partial charge in [0.05, 0.1) is 16.9 Å². The van der Waals surface area contributed by atoms with Gasteiger partial charge in [-0.25, -0.2) is 4.98 Å². The molecule has 28 heavy (non-hydrogen) atoms. The van der Waals surface area contributed by atoms with Crippen LogP contribution in [-0.4, -0.2) is 69.7 Å². The molecule has 1 saturated heterocycles. The zero-order valence-corrected chi connectivity index (χ0v) is 17.1. The highest BCUT2D eigenvalue weighted by Gasteiger charge is 2.27. The molecule has 2 N–H and O–H groups in total. The first kappa shape index (κ1) is 21.0. The number of hydrogen-bond donors (Lipinski definition) is 2. The smallest absolute Gasteiger partial charge is 0.423 e. The number of aromatic nitrogens is 2. The minimum atomic E-state index is -1.60. The average Bonchev–Trinajstić information content (AvgIpc) is 2.90. The quantitative estimate of drug-likeness (QED) is 0.707. The van der Waals surface area contributed by atoms with E-state index >= 15 is 0 Å². The summed E-state index contributed by atoms with van der Waals surface area (Å²) >= 11 is 0. The van der Waals surface area contributed by atoms with Crippen molar-refractivity contribution in [1.82, 2.24) is 19.4 Å². The minimum absolute atomic E-state index is 0.108. The Hall–Kier alpha value is -1.74. The lowest BCUT2D eigenvalue weighted by Gasteiger charge is -2.31. The Kier molecular flexibility index (Phi) is 6.88. The Bertz CT molecular complexity index is 870. The van der Waals surface area contributed by atoms with E-state index in [1.165, 1.54) is 0 Å². The molecule has 1 atom stereocenters. The highest BCUT2D eigenvalue weighted by Crippen LogP contribution is 2.26. The summed E-state index contributed by atoms with van der Waals surface area (Å²) in [6.45, 7) is 8.74. The predicted molar refractivity (Wildman–Crippen MR) is 113 cm³/mol. The van der Waals surface area contributed by atoms with Gasteiger partial charge in [0, 0.05) is 26.2 Å². The molecular weight excluding hydrogens is 355 g/mol. The lowest BCUT2D eigenvalue weighted by molar-refractivity contribution is 0.180. The normalized spacial score (nSPS) is 17.6. The molecular formula is C20H31BN4O3. The van der Waals surface area contributed by atoms with Gasteiger partial charge in [0.2, 0.25) is 0 Å². The van der Waals surface area contributed by atoms with Gasteiger partial charge in [0.15, 0.2) is 0 Å². The monoisotopic (exact) mass is 386 g/mol. The van der Waals surface area contributed by atoms with E-state index in [1.54, 1.807) is 22.8 Å². The highest BCUT2D eigenvalue weighted by molar-refractivity contribution is 6.58. The van der Waals surface area contributed by atoms with E-state index in [1.807, 2.05) is 6.92 Å². The molecule has 1 aliphatic rings. The Morgan fingerprint density at radius 3 is 2.64 bits per heavy atom. The molecule has 2 aromatic rings. The van der Waals surface area contributed by atoms with E-state index < -0.39 is 7.12 Å². The van der Waals surface area contributed by atoms with Crippen LogP contribution in [0.25, 0.3) is 10.9 Å². The van der Waals surface area contributed by atoms with Crippen molar-refractivity contribution in [2.24, 2.45) is 0 Å². The fourth-order valence-corrected chi connectivity index (χ4v) is 4.10. The van der Waals surface area contributed by atoms with Crippen LogP contribution in [0.1, 0.15) is 45.0 Å². The van der Waals surface area contributed by atoms with Gasteiger partial charge in [-0.05, 0) is 51.0 Å². The third-order valence-electron chi connectivity index (χ3n) is 5.68. The van der Waals surface area contributed by atoms with E-state index in [0.29, 0.717) is 22.9 Å². The standard InChI is InChI=1S/C20H31BN4O3/c1-4-7-18(24-11-6-10-23(3)12-13-24)19-22-17-9-8-15(21(27)28)14-16(17)20(26)25(19)5-2/h8-9,14,18,27-28H,4-7,10-13H2,1-3H3. The molecule has 0 bridgehead atoms. The molecule has 1 fully saturated rings. The van der Waals surface area contributed by atoms with Crippen molar-refractivity contribution < 1.29 is 10.0 Å². The van der Waals surface area contributed by atoms with Crippen LogP contribution >= 0.6 is 0 Å². The van der Waals surface area contributed by atoms with Gasteiger partial charge in [-0.2, -0.15) is 0 Å². The molecule has 1 aromatic heterocycles. The number of hydrogen-bond acceptors (Lipinski definition) is 6. The van der Waals surface area contributed by atoms with E-state index in [0.717, 1.165) is 51.3 Å². The summed E-state index contributed by atoms with van der Waals surface area (Å²) in [5, 5.41) is 19.3. The zero-order valence-electron chi connectivity index (χ0n) is 17.1. The lowest BCUT2D eigenvalue weighted by Crippen LogP contribution is -2.37. The highest BCUT2D eigenvalue weighted by atomic mass is 16.4. The molecule has 8 heteroatoms. The number of rotatable bonds is 6. The second-order valence-corrected chi connectivity index (χ2v) is 7.67. The Balaban J connectivity index is 2.10. The molecule has 1 aromatic carbocycles. The van der Waals surface area contributed by atoms with Gasteiger partial charge in [-0.15, -0.1) is 0 Å². The van der Waals surface area contributed by atoms with E-state index in [9.17, 15) is 14.8 Å². The van der Waals surface area contributed by atoms with Crippen molar-refractivity contribution in [2.75, 3.05) is 33.2 Å². The third-order valence-corrected chi connectivity index (χ3v) is 5.68. The Labute approximate surface area is 166 Å². The summed E-state index contributed by atoms with van der Waals surface area (Å²) < 4.78 is 1.75. The van der Waals surface area contributed by atoms with Crippen molar-refractivity contribution in [3.63, 3.8) is 0 Å². The lowest BCUT2D eigenvalue weighted by atomic mass is 9.80. The first-order valence-electron chi connectivity index (χ1n) is 10.3. The molecule has 0 radical (unpaired) electrons. The van der Waals surface area contributed by atoms with Gasteiger partial charge in [-0.1, -0.05) is 19.4 Å². The average molecular weight is 386 g/mol. The van der Waals surface area contributed by atoms with E-state index in [2.05, 4.69) is 23.8 Å². The largest absolute Gasteiger partial charge is 0.488 e. The summed E-state index contributed by atoms with van der Waals surface area (Å²) in [6, 6.07) is 4.99. The van der Waals surface area contributed by atoms with Crippen LogP contribution < -0.4 is 11.0 Å². The maximum absolute atomic E-state index is 13.2. The van der Waals surface area contributed by atoms with Crippen molar-refractivity contribution in [1.29, 1.82) is 0 Å². The van der Waals surface area contributed by atoms with Crippen LogP contribution in [0.3, 0.4) is 0 Å². The second kappa shape index (κ2) is 9.18. The minimum Gasteiger partial charge on any atom is -0.423 e. The van der Waals surface area contributed by atoms with Crippen LogP contribution in [-0.2, 0) is 6.54 Å². The zero-order chi connectivity index (χ0) is 20.3. The van der Waals surface area contributed by atoms with Gasteiger partial charge < -0.3 is 14.9 Å². The number of fused-ring (bicyclic) bond motifs is 1. The first-order chi connectivity index (χ1) is 13.5. The Morgan fingerprint density at radius 2 is 1.96 bits per heavy atom. The molecule has 0 spiro atoms. The SMILES string of the molecule is CCCC(c1nc2ccc(B(O)O)cc2c(=O)n1CC)N1CCCN(C)CC1. The molecule has 1 unspecified atom stereocenters. The van der Waals surface area contributed by atoms with Crippen molar-refractivity contribution in [3.8, 4) is 0 Å². The first-order valence-corrected chi connectivity index (χ1v) is 10.3. The van der Waals surface area contributed by atoms with Crippen LogP contribution in [0, 0.1) is 0 Å². The van der Waals surface area contributed by atoms with Gasteiger partial charge in [0.25, 0.3) is 5.56 Å². The van der Waals surface area contributed by atoms with Gasteiger partial charge in [-0.3, -0.25) is 14.3 Å². The van der Waals surface area contributed by atoms with Crippen LogP contribution in [0.2, 0.25) is 0 Å². The summed E-state index contributed by atoms with van der Waals surface area (Å²) in [4.78, 5) is 22.9. The maximum atomic E-state index is 13.2. The summed E-state index contributed by atoms with van der Waals surface area (Å²) in [5.41, 5.74) is 0.808. The fourth-order valence-electron chi connectivity index (χ4n) is 4.10. The Morgan fingerprint density at radius 1 is 1.18 bits per heavy atom. The van der Waals surface area contributed by atoms with Gasteiger partial charge in [0.1, 0.15) is 5.82 Å². The molecule has 1 aliphatic heterocycles. The summed E-state index contributed by atoms with van der Waals surface area (Å²) in [5.74, 6) is 0.823. The van der Waals surface area contributed by atoms with Crippen LogP contribution in [0.5, 0.6) is 0 Å². The molecule has 0 aliphatic carbocycles. The molecule has 2 heterocycles. The molecule has 3 rings (SSSR count). The summed E-state index contributed by atoms with van der Waals surface area (Å²) in [7, 11) is 0.558. The van der Waals surface area contributed by atoms with E-state index in [4.69, 9.17) is 4.98 Å². The predicted octanol–water partition coefficient (Wildman–Crippen LogP) is 0.575. The fraction of sp³-hybridized carbons (Fsp3) is 0.600. The second-order valence-electron chi connectivity index (χ2n) is 7.67. The number of likely N-dealkylation sites (N-methyl/N-ethyl adjacent to an activating group) is 1. The van der Waals surface area contributed by atoms with Crippen LogP contribution in [0.15, 0.2) is 23.0 Å². The molecule has 7 nitrogen and oxygen atoms in total. The van der Waals surface area contributed by atoms with Crippen molar-refractivity contribution in [3.05, 3.63) is 34.4 Å². The summed E-state index contributed by atoms with van der Waals surface area (Å²) in [6.07, 6.45) is 3.08. The molecule has 0 amide bonds. The number of nitrogens with zero attached hydrogens (tertiary/aromatic N) is 4. The topological polar surface area (TPSA) is 81.8 Å².